The van der Waals surface area contributed by atoms with Crippen LogP contribution in [0.1, 0.15) is 67.7 Å². The van der Waals surface area contributed by atoms with E-state index in [0.717, 1.165) is 19.4 Å². The summed E-state index contributed by atoms with van der Waals surface area (Å²) in [5, 5.41) is 17.4. The van der Waals surface area contributed by atoms with Gasteiger partial charge in [-0.05, 0) is 44.4 Å². The highest BCUT2D eigenvalue weighted by atomic mass is 35.5. The van der Waals surface area contributed by atoms with Crippen molar-refractivity contribution in [3.8, 4) is 0 Å². The van der Waals surface area contributed by atoms with Gasteiger partial charge in [0.25, 0.3) is 5.91 Å². The van der Waals surface area contributed by atoms with Crippen molar-refractivity contribution in [2.24, 2.45) is 5.41 Å². The summed E-state index contributed by atoms with van der Waals surface area (Å²) in [7, 11) is 0. The van der Waals surface area contributed by atoms with Crippen molar-refractivity contribution >= 4 is 30.1 Å². The fourth-order valence-corrected chi connectivity index (χ4v) is 5.16. The predicted octanol–water partition coefficient (Wildman–Crippen LogP) is 1.25. The molecule has 3 amide bonds. The Kier molecular flexibility index (Phi) is 6.23. The SMILES string of the molecule is CCC1(CC)CNCCC1(O)c1ccc2c(n1)CN(C1CCC(=O)NC1=O)C2=O.Cl. The second kappa shape index (κ2) is 8.24. The number of pyridine rings is 1. The van der Waals surface area contributed by atoms with Crippen LogP contribution < -0.4 is 10.6 Å². The molecule has 2 atom stereocenters. The largest absolute Gasteiger partial charge is 0.383 e. The third-order valence-electron chi connectivity index (χ3n) is 7.15. The first-order chi connectivity index (χ1) is 13.8. The zero-order valence-electron chi connectivity index (χ0n) is 17.4. The number of rotatable bonds is 4. The van der Waals surface area contributed by atoms with Crippen LogP contribution >= 0.6 is 12.4 Å². The molecular weight excluding hydrogens is 408 g/mol. The maximum Gasteiger partial charge on any atom is 0.256 e. The molecule has 0 saturated carbocycles. The van der Waals surface area contributed by atoms with E-state index in [1.54, 1.807) is 12.1 Å². The average molecular weight is 437 g/mol. The molecule has 2 unspecified atom stereocenters. The van der Waals surface area contributed by atoms with E-state index in [1.807, 2.05) is 0 Å². The first kappa shape index (κ1) is 22.7. The van der Waals surface area contributed by atoms with E-state index in [9.17, 15) is 19.5 Å². The number of amides is 3. The molecule has 4 rings (SSSR count). The van der Waals surface area contributed by atoms with Crippen molar-refractivity contribution in [1.82, 2.24) is 20.5 Å². The number of carbonyl (C=O) groups is 3. The Morgan fingerprint density at radius 1 is 1.23 bits per heavy atom. The van der Waals surface area contributed by atoms with Crippen LogP contribution in [0.15, 0.2) is 12.1 Å². The van der Waals surface area contributed by atoms with Crippen molar-refractivity contribution in [1.29, 1.82) is 0 Å². The molecule has 8 nitrogen and oxygen atoms in total. The van der Waals surface area contributed by atoms with Crippen molar-refractivity contribution < 1.29 is 19.5 Å². The number of piperidine rings is 2. The van der Waals surface area contributed by atoms with E-state index in [1.165, 1.54) is 4.90 Å². The normalized spacial score (nSPS) is 28.0. The minimum Gasteiger partial charge on any atom is -0.383 e. The summed E-state index contributed by atoms with van der Waals surface area (Å²) in [5.74, 6) is -0.988. The number of aromatic nitrogens is 1. The number of halogens is 1. The number of carbonyl (C=O) groups excluding carboxylic acids is 3. The number of aliphatic hydroxyl groups is 1. The van der Waals surface area contributed by atoms with Gasteiger partial charge in [-0.2, -0.15) is 0 Å². The fraction of sp³-hybridized carbons (Fsp3) is 0.619. The number of hydrogen-bond donors (Lipinski definition) is 3. The number of imide groups is 1. The summed E-state index contributed by atoms with van der Waals surface area (Å²) in [6.45, 7) is 5.81. The van der Waals surface area contributed by atoms with Gasteiger partial charge in [-0.1, -0.05) is 13.8 Å². The monoisotopic (exact) mass is 436 g/mol. The highest BCUT2D eigenvalue weighted by molar-refractivity contribution is 6.05. The third kappa shape index (κ3) is 3.31. The van der Waals surface area contributed by atoms with Gasteiger partial charge in [-0.25, -0.2) is 0 Å². The number of hydrogen-bond acceptors (Lipinski definition) is 6. The third-order valence-corrected chi connectivity index (χ3v) is 7.15. The summed E-state index contributed by atoms with van der Waals surface area (Å²) in [5.41, 5.74) is 0.263. The van der Waals surface area contributed by atoms with Gasteiger partial charge in [0.2, 0.25) is 11.8 Å². The lowest BCUT2D eigenvalue weighted by Crippen LogP contribution is -2.56. The predicted molar refractivity (Wildman–Crippen MR) is 112 cm³/mol. The van der Waals surface area contributed by atoms with Crippen molar-refractivity contribution in [2.45, 2.75) is 64.1 Å². The number of nitrogens with zero attached hydrogens (tertiary/aromatic N) is 2. The summed E-state index contributed by atoms with van der Waals surface area (Å²) in [6, 6.07) is 2.82. The Balaban J connectivity index is 0.00000256. The van der Waals surface area contributed by atoms with Gasteiger partial charge >= 0.3 is 0 Å². The highest BCUT2D eigenvalue weighted by Gasteiger charge is 2.52. The summed E-state index contributed by atoms with van der Waals surface area (Å²) < 4.78 is 0. The lowest BCUT2D eigenvalue weighted by Gasteiger charge is -2.50. The van der Waals surface area contributed by atoms with E-state index in [-0.39, 0.29) is 42.6 Å². The molecule has 2 saturated heterocycles. The number of nitrogens with one attached hydrogen (secondary N) is 2. The molecule has 0 aromatic carbocycles. The smallest absolute Gasteiger partial charge is 0.256 e. The zero-order valence-corrected chi connectivity index (χ0v) is 18.2. The van der Waals surface area contributed by atoms with Gasteiger partial charge in [0, 0.05) is 18.4 Å². The quantitative estimate of drug-likeness (QED) is 0.612. The van der Waals surface area contributed by atoms with Crippen LogP contribution in [0, 0.1) is 5.41 Å². The minimum absolute atomic E-state index is 0. The Morgan fingerprint density at radius 2 is 1.97 bits per heavy atom. The zero-order chi connectivity index (χ0) is 20.8. The Bertz CT molecular complexity index is 873. The highest BCUT2D eigenvalue weighted by Crippen LogP contribution is 2.48. The van der Waals surface area contributed by atoms with Gasteiger partial charge in [0.1, 0.15) is 11.6 Å². The van der Waals surface area contributed by atoms with E-state index >= 15 is 0 Å². The molecule has 164 valence electrons. The fourth-order valence-electron chi connectivity index (χ4n) is 5.16. The molecule has 30 heavy (non-hydrogen) atoms. The van der Waals surface area contributed by atoms with Crippen LogP contribution in [-0.4, -0.2) is 51.8 Å². The maximum atomic E-state index is 12.9. The van der Waals surface area contributed by atoms with Crippen molar-refractivity contribution in [3.63, 3.8) is 0 Å². The molecule has 0 radical (unpaired) electrons. The number of fused-ring (bicyclic) bond motifs is 1. The molecule has 4 heterocycles. The summed E-state index contributed by atoms with van der Waals surface area (Å²) >= 11 is 0. The van der Waals surface area contributed by atoms with Gasteiger partial charge < -0.3 is 15.3 Å². The van der Waals surface area contributed by atoms with Crippen molar-refractivity contribution in [2.75, 3.05) is 13.1 Å². The lowest BCUT2D eigenvalue weighted by molar-refractivity contribution is -0.136. The summed E-state index contributed by atoms with van der Waals surface area (Å²) in [4.78, 5) is 42.8. The second-order valence-corrected chi connectivity index (χ2v) is 8.37. The molecule has 1 aromatic rings. The Hall–Kier alpha value is -2.03. The molecule has 2 fully saturated rings. The van der Waals surface area contributed by atoms with Gasteiger partial charge in [0.05, 0.1) is 23.5 Å². The molecular formula is C21H29ClN4O4. The molecule has 3 N–H and O–H groups in total. The van der Waals surface area contributed by atoms with Crippen LogP contribution in [0.5, 0.6) is 0 Å². The van der Waals surface area contributed by atoms with E-state index < -0.39 is 17.6 Å². The Morgan fingerprint density at radius 3 is 2.63 bits per heavy atom. The van der Waals surface area contributed by atoms with Gasteiger partial charge in [0.15, 0.2) is 0 Å². The molecule has 9 heteroatoms. The van der Waals surface area contributed by atoms with Crippen LogP contribution in [0.2, 0.25) is 0 Å². The van der Waals surface area contributed by atoms with Crippen LogP contribution in [0.3, 0.4) is 0 Å². The molecule has 3 aliphatic rings. The summed E-state index contributed by atoms with van der Waals surface area (Å²) in [6.07, 6.45) is 2.73. The molecule has 0 bridgehead atoms. The molecule has 0 spiro atoms. The average Bonchev–Trinajstić information content (AvgIpc) is 3.04. The van der Waals surface area contributed by atoms with Crippen molar-refractivity contribution in [3.05, 3.63) is 29.1 Å². The van der Waals surface area contributed by atoms with Crippen LogP contribution in [0.25, 0.3) is 0 Å². The second-order valence-electron chi connectivity index (χ2n) is 8.37. The van der Waals surface area contributed by atoms with E-state index in [2.05, 4.69) is 24.5 Å². The molecule has 1 aromatic heterocycles. The van der Waals surface area contributed by atoms with E-state index in [4.69, 9.17) is 4.98 Å². The van der Waals surface area contributed by atoms with E-state index in [0.29, 0.717) is 36.3 Å². The standard InChI is InChI=1S/C21H28N4O4.ClH/c1-3-20(4-2)12-22-10-9-21(20,29)16-7-5-13-14(23-16)11-25(19(13)28)15-6-8-17(26)24-18(15)27;/h5,7,15,22,29H,3-4,6,8-12H2,1-2H3,(H,24,26,27);1H. The molecule has 3 aliphatic heterocycles. The van der Waals surface area contributed by atoms with Crippen LogP contribution in [0.4, 0.5) is 0 Å². The minimum atomic E-state index is -1.07. The molecule has 0 aliphatic carbocycles. The first-order valence-corrected chi connectivity index (χ1v) is 10.4. The first-order valence-electron chi connectivity index (χ1n) is 10.4. The van der Waals surface area contributed by atoms with Gasteiger partial charge in [-0.3, -0.25) is 24.7 Å². The lowest BCUT2D eigenvalue weighted by atomic mass is 9.63. The maximum absolute atomic E-state index is 12.9. The van der Waals surface area contributed by atoms with Crippen LogP contribution in [-0.2, 0) is 21.7 Å². The van der Waals surface area contributed by atoms with Gasteiger partial charge in [-0.15, -0.1) is 12.4 Å². The Labute approximate surface area is 182 Å². The topological polar surface area (TPSA) is 112 Å².